The predicted molar refractivity (Wildman–Crippen MR) is 97.7 cm³/mol. The van der Waals surface area contributed by atoms with Crippen LogP contribution in [-0.2, 0) is 4.79 Å². The first kappa shape index (κ1) is 20.8. The number of benzene rings is 2. The van der Waals surface area contributed by atoms with Gasteiger partial charge in [0.15, 0.2) is 0 Å². The highest BCUT2D eigenvalue weighted by molar-refractivity contribution is 5.95. The Morgan fingerprint density at radius 3 is 1.86 bits per heavy atom. The van der Waals surface area contributed by atoms with E-state index < -0.39 is 24.0 Å². The number of carboxylic acids is 1. The molecule has 1 aliphatic rings. The molecule has 0 unspecified atom stereocenters. The van der Waals surface area contributed by atoms with Crippen LogP contribution in [0.3, 0.4) is 0 Å². The number of alkyl halides is 3. The van der Waals surface area contributed by atoms with Crippen molar-refractivity contribution in [3.05, 3.63) is 59.9 Å². The Bertz CT molecular complexity index is 884. The average molecular weight is 409 g/mol. The molecule has 3 rings (SSSR count). The highest BCUT2D eigenvalue weighted by Gasteiger charge is 2.49. The summed E-state index contributed by atoms with van der Waals surface area (Å²) in [5, 5.41) is 9.32. The third kappa shape index (κ3) is 4.75. The molecule has 0 atom stereocenters. The molecule has 1 saturated heterocycles. The van der Waals surface area contributed by atoms with Gasteiger partial charge in [-0.25, -0.2) is 4.39 Å². The minimum Gasteiger partial charge on any atom is -0.481 e. The van der Waals surface area contributed by atoms with E-state index in [-0.39, 0.29) is 37.7 Å². The van der Waals surface area contributed by atoms with Gasteiger partial charge in [0.25, 0.3) is 5.91 Å². The van der Waals surface area contributed by atoms with Gasteiger partial charge in [-0.1, -0.05) is 24.3 Å². The zero-order chi connectivity index (χ0) is 21.2. The van der Waals surface area contributed by atoms with Crippen LogP contribution in [0.15, 0.2) is 48.5 Å². The van der Waals surface area contributed by atoms with E-state index in [2.05, 4.69) is 0 Å². The van der Waals surface area contributed by atoms with Gasteiger partial charge in [0.05, 0.1) is 11.8 Å². The molecule has 0 bridgehead atoms. The zero-order valence-corrected chi connectivity index (χ0v) is 15.4. The fourth-order valence-electron chi connectivity index (χ4n) is 3.62. The Kier molecular flexibility index (Phi) is 5.64. The van der Waals surface area contributed by atoms with Crippen molar-refractivity contribution in [2.75, 3.05) is 13.1 Å². The number of rotatable bonds is 4. The van der Waals surface area contributed by atoms with Crippen LogP contribution in [0.1, 0.15) is 29.6 Å². The molecule has 0 radical (unpaired) electrons. The van der Waals surface area contributed by atoms with E-state index in [0.717, 1.165) is 11.1 Å². The molecule has 1 fully saturated rings. The van der Waals surface area contributed by atoms with E-state index >= 15 is 0 Å². The van der Waals surface area contributed by atoms with E-state index in [4.69, 9.17) is 0 Å². The lowest BCUT2D eigenvalue weighted by atomic mass is 9.75. The van der Waals surface area contributed by atoms with Gasteiger partial charge < -0.3 is 10.0 Å². The minimum absolute atomic E-state index is 0.0546. The summed E-state index contributed by atoms with van der Waals surface area (Å²) in [6.45, 7) is -0.109. The number of hydrogen-bond acceptors (Lipinski definition) is 2. The van der Waals surface area contributed by atoms with Crippen molar-refractivity contribution in [3.63, 3.8) is 0 Å². The number of hydrogen-bond donors (Lipinski definition) is 1. The fraction of sp³-hybridized carbons (Fsp3) is 0.333. The van der Waals surface area contributed by atoms with Crippen LogP contribution >= 0.6 is 0 Å². The monoisotopic (exact) mass is 409 g/mol. The maximum Gasteiger partial charge on any atom is 0.390 e. The highest BCUT2D eigenvalue weighted by Crippen LogP contribution is 2.42. The maximum absolute atomic E-state index is 13.0. The van der Waals surface area contributed by atoms with Crippen LogP contribution in [0.25, 0.3) is 11.1 Å². The van der Waals surface area contributed by atoms with Gasteiger partial charge in [0, 0.05) is 18.7 Å². The summed E-state index contributed by atoms with van der Waals surface area (Å²) in [5.74, 6) is -2.19. The second kappa shape index (κ2) is 7.85. The van der Waals surface area contributed by atoms with Crippen molar-refractivity contribution in [1.29, 1.82) is 0 Å². The average Bonchev–Trinajstić information content (AvgIpc) is 2.67. The number of amides is 1. The van der Waals surface area contributed by atoms with Gasteiger partial charge >= 0.3 is 12.1 Å². The number of piperidine rings is 1. The fourth-order valence-corrected chi connectivity index (χ4v) is 3.62. The van der Waals surface area contributed by atoms with Crippen LogP contribution < -0.4 is 0 Å². The molecule has 8 heteroatoms. The second-order valence-corrected chi connectivity index (χ2v) is 7.25. The lowest BCUT2D eigenvalue weighted by Gasteiger charge is -2.39. The van der Waals surface area contributed by atoms with E-state index in [1.807, 2.05) is 0 Å². The van der Waals surface area contributed by atoms with Gasteiger partial charge in [0.2, 0.25) is 0 Å². The second-order valence-electron chi connectivity index (χ2n) is 7.25. The number of carboxylic acid groups (broad SMARTS) is 1. The number of nitrogens with zero attached hydrogens (tertiary/aromatic N) is 1. The number of carbonyl (C=O) groups is 2. The van der Waals surface area contributed by atoms with Gasteiger partial charge in [-0.2, -0.15) is 13.2 Å². The molecule has 29 heavy (non-hydrogen) atoms. The molecule has 2 aromatic carbocycles. The SMILES string of the molecule is O=C(c1ccc(-c2ccc(F)cc2)cc1)N1CCC(CC(F)(F)F)(C(=O)O)CC1. The summed E-state index contributed by atoms with van der Waals surface area (Å²) in [5.41, 5.74) is 0.0353. The van der Waals surface area contributed by atoms with Crippen LogP contribution in [0.2, 0.25) is 0 Å². The maximum atomic E-state index is 13.0. The van der Waals surface area contributed by atoms with Crippen molar-refractivity contribution >= 4 is 11.9 Å². The van der Waals surface area contributed by atoms with Gasteiger partial charge in [-0.05, 0) is 48.2 Å². The number of aliphatic carboxylic acids is 1. The molecule has 1 N–H and O–H groups in total. The number of likely N-dealkylation sites (tertiary alicyclic amines) is 1. The molecule has 4 nitrogen and oxygen atoms in total. The van der Waals surface area contributed by atoms with Crippen LogP contribution in [-0.4, -0.2) is 41.1 Å². The van der Waals surface area contributed by atoms with Crippen LogP contribution in [0, 0.1) is 11.2 Å². The summed E-state index contributed by atoms with van der Waals surface area (Å²) in [6.07, 6.45) is -6.48. The largest absolute Gasteiger partial charge is 0.481 e. The summed E-state index contributed by atoms with van der Waals surface area (Å²) in [4.78, 5) is 25.5. The van der Waals surface area contributed by atoms with Crippen molar-refractivity contribution in [1.82, 2.24) is 4.90 Å². The molecule has 1 aliphatic heterocycles. The lowest BCUT2D eigenvalue weighted by Crippen LogP contribution is -2.48. The highest BCUT2D eigenvalue weighted by atomic mass is 19.4. The number of halogens is 4. The molecule has 1 heterocycles. The van der Waals surface area contributed by atoms with Crippen molar-refractivity contribution < 1.29 is 32.3 Å². The molecule has 0 aromatic heterocycles. The summed E-state index contributed by atoms with van der Waals surface area (Å²) in [7, 11) is 0. The Morgan fingerprint density at radius 2 is 1.41 bits per heavy atom. The molecule has 1 amide bonds. The normalized spacial score (nSPS) is 16.5. The lowest BCUT2D eigenvalue weighted by molar-refractivity contribution is -0.183. The third-order valence-corrected chi connectivity index (χ3v) is 5.31. The standard InChI is InChI=1S/C21H19F4NO3/c22-17-7-5-15(6-8-17)14-1-3-16(4-2-14)18(27)26-11-9-20(10-12-26,19(28)29)13-21(23,24)25/h1-8H,9-13H2,(H,28,29). The first-order valence-corrected chi connectivity index (χ1v) is 9.05. The summed E-state index contributed by atoms with van der Waals surface area (Å²) >= 11 is 0. The quantitative estimate of drug-likeness (QED) is 0.742. The zero-order valence-electron chi connectivity index (χ0n) is 15.4. The molecule has 0 spiro atoms. The van der Waals surface area contributed by atoms with Gasteiger partial charge in [-0.15, -0.1) is 0 Å². The first-order chi connectivity index (χ1) is 13.6. The number of carbonyl (C=O) groups excluding carboxylic acids is 1. The van der Waals surface area contributed by atoms with Crippen LogP contribution in [0.4, 0.5) is 17.6 Å². The van der Waals surface area contributed by atoms with E-state index in [0.29, 0.717) is 5.56 Å². The van der Waals surface area contributed by atoms with Crippen LogP contribution in [0.5, 0.6) is 0 Å². The van der Waals surface area contributed by atoms with E-state index in [1.165, 1.54) is 17.0 Å². The Morgan fingerprint density at radius 1 is 0.931 bits per heavy atom. The molecular weight excluding hydrogens is 390 g/mol. The van der Waals surface area contributed by atoms with Gasteiger partial charge in [-0.3, -0.25) is 9.59 Å². The van der Waals surface area contributed by atoms with E-state index in [9.17, 15) is 32.3 Å². The van der Waals surface area contributed by atoms with Crippen molar-refractivity contribution in [3.8, 4) is 11.1 Å². The predicted octanol–water partition coefficient (Wildman–Crippen LogP) is 4.75. The Balaban J connectivity index is 1.69. The Hall–Kier alpha value is -2.90. The molecule has 0 aliphatic carbocycles. The van der Waals surface area contributed by atoms with Gasteiger partial charge in [0.1, 0.15) is 5.82 Å². The first-order valence-electron chi connectivity index (χ1n) is 9.05. The minimum atomic E-state index is -4.58. The summed E-state index contributed by atoms with van der Waals surface area (Å²) in [6, 6.07) is 12.5. The third-order valence-electron chi connectivity index (χ3n) is 5.31. The Labute approximate surface area is 164 Å². The smallest absolute Gasteiger partial charge is 0.390 e. The molecule has 2 aromatic rings. The molecular formula is C21H19F4NO3. The van der Waals surface area contributed by atoms with E-state index in [1.54, 1.807) is 36.4 Å². The van der Waals surface area contributed by atoms with Crippen molar-refractivity contribution in [2.45, 2.75) is 25.4 Å². The molecule has 0 saturated carbocycles. The molecule has 154 valence electrons. The summed E-state index contributed by atoms with van der Waals surface area (Å²) < 4.78 is 51.4. The topological polar surface area (TPSA) is 57.6 Å². The van der Waals surface area contributed by atoms with Crippen molar-refractivity contribution in [2.24, 2.45) is 5.41 Å².